The first kappa shape index (κ1) is 17.8. The van der Waals surface area contributed by atoms with Crippen LogP contribution < -0.4 is 15.4 Å². The standard InChI is InChI=1S/C18H22N2O4/c1-2-24-15-9-7-13(8-10-15)20-18(23)16-5-3-4-6-17(16)19-11-14(22)12-21/h3-10,14,19,21-22H,2,11-12H2,1H3,(H,20,23). The van der Waals surface area contributed by atoms with Crippen LogP contribution in [-0.2, 0) is 0 Å². The molecule has 0 aromatic heterocycles. The maximum absolute atomic E-state index is 12.5. The summed E-state index contributed by atoms with van der Waals surface area (Å²) in [5, 5.41) is 24.1. The molecule has 6 heteroatoms. The molecule has 0 aliphatic carbocycles. The number of carbonyl (C=O) groups excluding carboxylic acids is 1. The van der Waals surface area contributed by atoms with Crippen LogP contribution in [0.4, 0.5) is 11.4 Å². The van der Waals surface area contributed by atoms with Crippen LogP contribution in [-0.4, -0.2) is 42.0 Å². The van der Waals surface area contributed by atoms with Crippen molar-refractivity contribution >= 4 is 17.3 Å². The van der Waals surface area contributed by atoms with Gasteiger partial charge in [-0.25, -0.2) is 0 Å². The Morgan fingerprint density at radius 2 is 1.88 bits per heavy atom. The van der Waals surface area contributed by atoms with Crippen LogP contribution >= 0.6 is 0 Å². The number of rotatable bonds is 8. The predicted molar refractivity (Wildman–Crippen MR) is 93.6 cm³/mol. The molecule has 1 unspecified atom stereocenters. The molecular weight excluding hydrogens is 308 g/mol. The highest BCUT2D eigenvalue weighted by Crippen LogP contribution is 2.19. The molecule has 0 fully saturated rings. The number of para-hydroxylation sites is 1. The van der Waals surface area contributed by atoms with E-state index in [4.69, 9.17) is 9.84 Å². The number of nitrogens with one attached hydrogen (secondary N) is 2. The second kappa shape index (κ2) is 8.90. The van der Waals surface area contributed by atoms with Gasteiger partial charge in [0.1, 0.15) is 5.75 Å². The zero-order chi connectivity index (χ0) is 17.4. The topological polar surface area (TPSA) is 90.8 Å². The van der Waals surface area contributed by atoms with Gasteiger partial charge in [0.25, 0.3) is 5.91 Å². The molecule has 0 radical (unpaired) electrons. The molecule has 0 heterocycles. The van der Waals surface area contributed by atoms with E-state index >= 15 is 0 Å². The third-order valence-electron chi connectivity index (χ3n) is 3.33. The van der Waals surface area contributed by atoms with Gasteiger partial charge in [-0.3, -0.25) is 4.79 Å². The average molecular weight is 330 g/mol. The van der Waals surface area contributed by atoms with E-state index in [1.54, 1.807) is 48.5 Å². The number of hydrogen-bond acceptors (Lipinski definition) is 5. The second-order valence-electron chi connectivity index (χ2n) is 5.17. The molecule has 0 aliphatic rings. The number of benzene rings is 2. The molecule has 0 saturated heterocycles. The number of hydrogen-bond donors (Lipinski definition) is 4. The van der Waals surface area contributed by atoms with Crippen molar-refractivity contribution in [3.05, 3.63) is 54.1 Å². The van der Waals surface area contributed by atoms with E-state index in [0.29, 0.717) is 23.5 Å². The van der Waals surface area contributed by atoms with Gasteiger partial charge in [-0.15, -0.1) is 0 Å². The van der Waals surface area contributed by atoms with E-state index in [2.05, 4.69) is 10.6 Å². The fourth-order valence-corrected chi connectivity index (χ4v) is 2.13. The molecule has 1 amide bonds. The van der Waals surface area contributed by atoms with Crippen LogP contribution in [0.5, 0.6) is 5.75 Å². The Morgan fingerprint density at radius 3 is 2.54 bits per heavy atom. The van der Waals surface area contributed by atoms with Crippen molar-refractivity contribution < 1.29 is 19.7 Å². The lowest BCUT2D eigenvalue weighted by atomic mass is 10.1. The molecule has 4 N–H and O–H groups in total. The van der Waals surface area contributed by atoms with Crippen molar-refractivity contribution in [3.63, 3.8) is 0 Å². The lowest BCUT2D eigenvalue weighted by Crippen LogP contribution is -2.24. The predicted octanol–water partition coefficient (Wildman–Crippen LogP) is 2.10. The molecule has 1 atom stereocenters. The van der Waals surface area contributed by atoms with Gasteiger partial charge in [-0.05, 0) is 43.3 Å². The molecule has 128 valence electrons. The van der Waals surface area contributed by atoms with Crippen LogP contribution in [0.2, 0.25) is 0 Å². The highest BCUT2D eigenvalue weighted by Gasteiger charge is 2.12. The summed E-state index contributed by atoms with van der Waals surface area (Å²) in [6.07, 6.45) is -0.882. The number of anilines is 2. The number of carbonyl (C=O) groups is 1. The van der Waals surface area contributed by atoms with Gasteiger partial charge in [-0.2, -0.15) is 0 Å². The van der Waals surface area contributed by atoms with Crippen molar-refractivity contribution in [3.8, 4) is 5.75 Å². The zero-order valence-electron chi connectivity index (χ0n) is 13.5. The Kier molecular flexibility index (Phi) is 6.60. The molecule has 6 nitrogen and oxygen atoms in total. The van der Waals surface area contributed by atoms with Crippen molar-refractivity contribution in [1.82, 2.24) is 0 Å². The summed E-state index contributed by atoms with van der Waals surface area (Å²) in [7, 11) is 0. The average Bonchev–Trinajstić information content (AvgIpc) is 2.61. The third-order valence-corrected chi connectivity index (χ3v) is 3.33. The Hall–Kier alpha value is -2.57. The summed E-state index contributed by atoms with van der Waals surface area (Å²) in [6, 6.07) is 14.1. The molecule has 2 aromatic rings. The van der Waals surface area contributed by atoms with Gasteiger partial charge < -0.3 is 25.6 Å². The molecule has 0 saturated carbocycles. The Labute approximate surface area is 141 Å². The summed E-state index contributed by atoms with van der Waals surface area (Å²) in [6.45, 7) is 2.31. The SMILES string of the molecule is CCOc1ccc(NC(=O)c2ccccc2NCC(O)CO)cc1. The smallest absolute Gasteiger partial charge is 0.257 e. The van der Waals surface area contributed by atoms with Gasteiger partial charge in [0, 0.05) is 17.9 Å². The Balaban J connectivity index is 2.06. The molecular formula is C18H22N2O4. The Bertz CT molecular complexity index is 658. The van der Waals surface area contributed by atoms with Crippen molar-refractivity contribution in [2.24, 2.45) is 0 Å². The first-order chi connectivity index (χ1) is 11.6. The first-order valence-corrected chi connectivity index (χ1v) is 7.80. The van der Waals surface area contributed by atoms with Gasteiger partial charge in [0.2, 0.25) is 0 Å². The van der Waals surface area contributed by atoms with Gasteiger partial charge in [-0.1, -0.05) is 12.1 Å². The normalized spacial score (nSPS) is 11.6. The molecule has 2 aromatic carbocycles. The first-order valence-electron chi connectivity index (χ1n) is 7.80. The fraction of sp³-hybridized carbons (Fsp3) is 0.278. The van der Waals surface area contributed by atoms with E-state index in [1.807, 2.05) is 6.92 Å². The molecule has 0 spiro atoms. The third kappa shape index (κ3) is 4.97. The van der Waals surface area contributed by atoms with Crippen LogP contribution in [0.1, 0.15) is 17.3 Å². The van der Waals surface area contributed by atoms with Crippen LogP contribution in [0.15, 0.2) is 48.5 Å². The van der Waals surface area contributed by atoms with Crippen molar-refractivity contribution in [2.75, 3.05) is 30.4 Å². The zero-order valence-corrected chi connectivity index (χ0v) is 13.5. The van der Waals surface area contributed by atoms with E-state index in [0.717, 1.165) is 5.75 Å². The lowest BCUT2D eigenvalue weighted by Gasteiger charge is -2.14. The van der Waals surface area contributed by atoms with Gasteiger partial charge >= 0.3 is 0 Å². The summed E-state index contributed by atoms with van der Waals surface area (Å²) < 4.78 is 5.37. The van der Waals surface area contributed by atoms with Gasteiger partial charge in [0.15, 0.2) is 0 Å². The molecule has 24 heavy (non-hydrogen) atoms. The number of aliphatic hydroxyl groups is 2. The number of ether oxygens (including phenoxy) is 1. The quantitative estimate of drug-likeness (QED) is 0.595. The van der Waals surface area contributed by atoms with Crippen molar-refractivity contribution in [1.29, 1.82) is 0 Å². The highest BCUT2D eigenvalue weighted by molar-refractivity contribution is 6.08. The minimum absolute atomic E-state index is 0.157. The summed E-state index contributed by atoms with van der Waals surface area (Å²) in [5.74, 6) is 0.483. The minimum Gasteiger partial charge on any atom is -0.494 e. The maximum Gasteiger partial charge on any atom is 0.257 e. The van der Waals surface area contributed by atoms with Crippen molar-refractivity contribution in [2.45, 2.75) is 13.0 Å². The highest BCUT2D eigenvalue weighted by atomic mass is 16.5. The van der Waals surface area contributed by atoms with Crippen LogP contribution in [0.25, 0.3) is 0 Å². The number of aliphatic hydroxyl groups excluding tert-OH is 2. The van der Waals surface area contributed by atoms with Crippen LogP contribution in [0, 0.1) is 0 Å². The van der Waals surface area contributed by atoms with E-state index < -0.39 is 6.10 Å². The summed E-state index contributed by atoms with van der Waals surface area (Å²) >= 11 is 0. The Morgan fingerprint density at radius 1 is 1.17 bits per heavy atom. The van der Waals surface area contributed by atoms with E-state index in [-0.39, 0.29) is 19.1 Å². The largest absolute Gasteiger partial charge is 0.494 e. The molecule has 0 bridgehead atoms. The van der Waals surface area contributed by atoms with Crippen LogP contribution in [0.3, 0.4) is 0 Å². The molecule has 0 aliphatic heterocycles. The fourth-order valence-electron chi connectivity index (χ4n) is 2.13. The van der Waals surface area contributed by atoms with E-state index in [9.17, 15) is 9.90 Å². The molecule has 2 rings (SSSR count). The van der Waals surface area contributed by atoms with Gasteiger partial charge in [0.05, 0.1) is 24.9 Å². The number of amides is 1. The second-order valence-corrected chi connectivity index (χ2v) is 5.17. The van der Waals surface area contributed by atoms with E-state index in [1.165, 1.54) is 0 Å². The summed E-state index contributed by atoms with van der Waals surface area (Å²) in [4.78, 5) is 12.5. The maximum atomic E-state index is 12.5. The lowest BCUT2D eigenvalue weighted by molar-refractivity contribution is 0.102. The monoisotopic (exact) mass is 330 g/mol. The summed E-state index contributed by atoms with van der Waals surface area (Å²) in [5.41, 5.74) is 1.71. The minimum atomic E-state index is -0.882.